The number of halogens is 1. The molecule has 1 amide bonds. The van der Waals surface area contributed by atoms with Crippen LogP contribution in [0.15, 0.2) is 60.9 Å². The number of carbonyl (C=O) groups excluding carboxylic acids is 1. The Morgan fingerprint density at radius 3 is 2.66 bits per heavy atom. The van der Waals surface area contributed by atoms with Gasteiger partial charge in [0.05, 0.1) is 23.9 Å². The first-order chi connectivity index (χ1) is 19.7. The van der Waals surface area contributed by atoms with Gasteiger partial charge >= 0.3 is 0 Å². The summed E-state index contributed by atoms with van der Waals surface area (Å²) in [6.45, 7) is 1.69. The maximum atomic E-state index is 12.5. The van der Waals surface area contributed by atoms with Crippen LogP contribution in [0.2, 0.25) is 5.02 Å². The van der Waals surface area contributed by atoms with E-state index in [2.05, 4.69) is 39.6 Å². The quantitative estimate of drug-likeness (QED) is 0.272. The zero-order valence-corrected chi connectivity index (χ0v) is 23.3. The molecular weight excluding hydrogens is 540 g/mol. The van der Waals surface area contributed by atoms with Crippen molar-refractivity contribution in [3.05, 3.63) is 82.9 Å². The van der Waals surface area contributed by atoms with Gasteiger partial charge in [-0.1, -0.05) is 53.9 Å². The van der Waals surface area contributed by atoms with E-state index in [1.54, 1.807) is 30.0 Å². The minimum atomic E-state index is -1.46. The molecule has 3 unspecified atom stereocenters. The van der Waals surface area contributed by atoms with Crippen molar-refractivity contribution in [3.8, 4) is 11.8 Å². The van der Waals surface area contributed by atoms with Gasteiger partial charge in [-0.2, -0.15) is 0 Å². The highest BCUT2D eigenvalue weighted by atomic mass is 35.5. The first-order valence-electron chi connectivity index (χ1n) is 13.7. The average Bonchev–Trinajstić information content (AvgIpc) is 3.79. The van der Waals surface area contributed by atoms with Crippen molar-refractivity contribution in [1.82, 2.24) is 24.8 Å². The molecule has 0 spiro atoms. The maximum absolute atomic E-state index is 12.5. The van der Waals surface area contributed by atoms with E-state index in [4.69, 9.17) is 21.6 Å². The van der Waals surface area contributed by atoms with Gasteiger partial charge in [-0.05, 0) is 49.4 Å². The lowest BCUT2D eigenvalue weighted by Crippen LogP contribution is -2.49. The lowest BCUT2D eigenvalue weighted by molar-refractivity contribution is -0.140. The van der Waals surface area contributed by atoms with E-state index in [9.17, 15) is 15.0 Å². The molecule has 4 aromatic rings. The third kappa shape index (κ3) is 4.09. The van der Waals surface area contributed by atoms with Crippen LogP contribution in [0.25, 0.3) is 11.2 Å². The molecule has 2 aromatic carbocycles. The molecule has 3 aliphatic carbocycles. The third-order valence-corrected chi connectivity index (χ3v) is 9.21. The number of aliphatic hydroxyl groups excluding tert-OH is 1. The van der Waals surface area contributed by atoms with Crippen molar-refractivity contribution >= 4 is 34.5 Å². The molecule has 2 heterocycles. The van der Waals surface area contributed by atoms with Crippen LogP contribution in [0.4, 0.5) is 5.82 Å². The Balaban J connectivity index is 1.25. The van der Waals surface area contributed by atoms with Crippen LogP contribution in [-0.4, -0.2) is 60.4 Å². The molecule has 0 saturated heterocycles. The Hall–Kier alpha value is -3.97. The summed E-state index contributed by atoms with van der Waals surface area (Å²) in [7, 11) is 1.54. The van der Waals surface area contributed by atoms with E-state index in [1.165, 1.54) is 12.6 Å². The van der Waals surface area contributed by atoms with Gasteiger partial charge in [0.1, 0.15) is 5.60 Å². The second kappa shape index (κ2) is 9.28. The normalized spacial score (nSPS) is 31.2. The van der Waals surface area contributed by atoms with Crippen molar-refractivity contribution in [2.75, 3.05) is 12.4 Å². The highest BCUT2D eigenvalue weighted by Crippen LogP contribution is 2.69. The zero-order valence-electron chi connectivity index (χ0n) is 22.5. The van der Waals surface area contributed by atoms with Crippen molar-refractivity contribution in [2.45, 2.75) is 49.5 Å². The van der Waals surface area contributed by atoms with E-state index in [1.807, 2.05) is 30.3 Å². The number of anilines is 1. The molecule has 208 valence electrons. The lowest BCUT2D eigenvalue weighted by Gasteiger charge is -2.32. The number of rotatable bonds is 5. The van der Waals surface area contributed by atoms with Crippen molar-refractivity contribution < 1.29 is 15.0 Å². The Morgan fingerprint density at radius 2 is 1.95 bits per heavy atom. The van der Waals surface area contributed by atoms with E-state index in [-0.39, 0.29) is 17.9 Å². The van der Waals surface area contributed by atoms with Crippen LogP contribution in [-0.2, 0) is 4.79 Å². The van der Waals surface area contributed by atoms with Crippen molar-refractivity contribution in [1.29, 1.82) is 0 Å². The van der Waals surface area contributed by atoms with E-state index in [0.29, 0.717) is 40.2 Å². The molecule has 9 nitrogen and oxygen atoms in total. The van der Waals surface area contributed by atoms with Gasteiger partial charge in [-0.25, -0.2) is 15.0 Å². The number of hydrogen-bond donors (Lipinski definition) is 4. The van der Waals surface area contributed by atoms with Crippen LogP contribution in [0.1, 0.15) is 48.7 Å². The van der Waals surface area contributed by atoms with Gasteiger partial charge in [-0.15, -0.1) is 0 Å². The fourth-order valence-electron chi connectivity index (χ4n) is 6.65. The number of nitrogens with one attached hydrogen (secondary N) is 2. The average molecular weight is 569 g/mol. The summed E-state index contributed by atoms with van der Waals surface area (Å²) in [6, 6.07) is 17.3. The van der Waals surface area contributed by atoms with Gasteiger partial charge in [-0.3, -0.25) is 4.79 Å². The molecule has 0 bridgehead atoms. The second-order valence-electron chi connectivity index (χ2n) is 11.5. The highest BCUT2D eigenvalue weighted by molar-refractivity contribution is 6.30. The Kier molecular flexibility index (Phi) is 5.88. The largest absolute Gasteiger partial charge is 0.389 e. The molecule has 3 aliphatic rings. The van der Waals surface area contributed by atoms with Crippen LogP contribution < -0.4 is 10.6 Å². The van der Waals surface area contributed by atoms with E-state index in [0.717, 1.165) is 12.0 Å². The first kappa shape index (κ1) is 26.0. The molecule has 7 rings (SSSR count). The molecular formula is C31H29ClN6O3. The Labute approximate surface area is 242 Å². The Bertz CT molecular complexity index is 1750. The van der Waals surface area contributed by atoms with Crippen LogP contribution in [0.5, 0.6) is 0 Å². The molecule has 3 saturated carbocycles. The molecule has 4 N–H and O–H groups in total. The molecule has 0 aliphatic heterocycles. The van der Waals surface area contributed by atoms with Crippen LogP contribution in [0.3, 0.4) is 0 Å². The third-order valence-electron chi connectivity index (χ3n) is 8.98. The zero-order chi connectivity index (χ0) is 28.5. The summed E-state index contributed by atoms with van der Waals surface area (Å²) in [5.41, 5.74) is 0.538. The fraction of sp³-hybridized carbons (Fsp3) is 0.355. The minimum absolute atomic E-state index is 0.189. The number of nitrogens with zero attached hydrogens (tertiary/aromatic N) is 4. The van der Waals surface area contributed by atoms with Gasteiger partial charge < -0.3 is 25.4 Å². The number of carbonyl (C=O) groups is 1. The first-order valence-corrected chi connectivity index (χ1v) is 14.1. The summed E-state index contributed by atoms with van der Waals surface area (Å²) in [5, 5.41) is 29.5. The smallest absolute Gasteiger partial charge is 0.228 e. The van der Waals surface area contributed by atoms with Gasteiger partial charge in [0.15, 0.2) is 17.0 Å². The summed E-state index contributed by atoms with van der Waals surface area (Å²) in [4.78, 5) is 26.7. The fourth-order valence-corrected chi connectivity index (χ4v) is 6.84. The number of aliphatic hydroxyl groups is 2. The molecule has 3 fully saturated rings. The van der Waals surface area contributed by atoms with Gasteiger partial charge in [0, 0.05) is 35.5 Å². The molecule has 41 heavy (non-hydrogen) atoms. The summed E-state index contributed by atoms with van der Waals surface area (Å²) >= 11 is 6.14. The summed E-state index contributed by atoms with van der Waals surface area (Å²) < 4.78 is 1.80. The lowest BCUT2D eigenvalue weighted by atomic mass is 9.80. The monoisotopic (exact) mass is 568 g/mol. The van der Waals surface area contributed by atoms with Gasteiger partial charge in [0.25, 0.3) is 0 Å². The standard InChI is InChI=1S/C31H29ClN6O3/c1-30(29(40)33-2)15-21-25(31(21,41)28(30)39)38-16-34-24-26(35-22-14-20(22)18-8-4-3-5-9-18)36-23(37-27(24)38)12-11-17-7-6-10-19(32)13-17/h3-10,13,16,20-22,25,28,39,41H,14-15H2,1-2H3,(H,33,40)(H,35,36,37)/t20?,21-,22?,25+,28+,30?,31+/m0/s1. The van der Waals surface area contributed by atoms with E-state index >= 15 is 0 Å². The minimum Gasteiger partial charge on any atom is -0.389 e. The predicted octanol–water partition coefficient (Wildman–Crippen LogP) is 3.27. The number of aromatic nitrogens is 4. The molecule has 0 radical (unpaired) electrons. The number of hydrogen-bond acceptors (Lipinski definition) is 7. The van der Waals surface area contributed by atoms with Crippen LogP contribution >= 0.6 is 11.6 Å². The number of amides is 1. The number of benzene rings is 2. The molecule has 10 heteroatoms. The summed E-state index contributed by atoms with van der Waals surface area (Å²) in [5.74, 6) is 6.77. The number of fused-ring (bicyclic) bond motifs is 2. The summed E-state index contributed by atoms with van der Waals surface area (Å²) in [6.07, 6.45) is 1.70. The van der Waals surface area contributed by atoms with E-state index < -0.39 is 23.2 Å². The predicted molar refractivity (Wildman–Crippen MR) is 154 cm³/mol. The second-order valence-corrected chi connectivity index (χ2v) is 12.0. The van der Waals surface area contributed by atoms with Crippen molar-refractivity contribution in [2.24, 2.45) is 11.3 Å². The highest BCUT2D eigenvalue weighted by Gasteiger charge is 2.79. The maximum Gasteiger partial charge on any atom is 0.228 e. The number of imidazole rings is 1. The SMILES string of the molecule is CNC(=O)C1(C)C[C@H]2[C@@H](n3cnc4c(NC5CC5c5ccccc5)nc(C#Cc5cccc(Cl)c5)nc43)[C@@]2(O)[C@@H]1O. The molecule has 7 atom stereocenters. The Morgan fingerprint density at radius 1 is 1.15 bits per heavy atom. The van der Waals surface area contributed by atoms with Crippen molar-refractivity contribution in [3.63, 3.8) is 0 Å². The van der Waals surface area contributed by atoms with Crippen LogP contribution in [0, 0.1) is 23.2 Å². The molecule has 2 aromatic heterocycles. The topological polar surface area (TPSA) is 125 Å². The van der Waals surface area contributed by atoms with Gasteiger partial charge in [0.2, 0.25) is 11.7 Å².